The lowest BCUT2D eigenvalue weighted by atomic mass is 9.86. The van der Waals surface area contributed by atoms with Gasteiger partial charge in [-0.3, -0.25) is 4.79 Å². The zero-order valence-electron chi connectivity index (χ0n) is 9.99. The third-order valence-electron chi connectivity index (χ3n) is 3.34. The first-order valence-corrected chi connectivity index (χ1v) is 6.52. The summed E-state index contributed by atoms with van der Waals surface area (Å²) in [6.45, 7) is 6.29. The molecule has 1 fully saturated rings. The van der Waals surface area contributed by atoms with Crippen LogP contribution in [0.5, 0.6) is 0 Å². The lowest BCUT2D eigenvalue weighted by molar-refractivity contribution is -0.122. The fourth-order valence-corrected chi connectivity index (χ4v) is 2.18. The Morgan fingerprint density at radius 2 is 1.93 bits per heavy atom. The van der Waals surface area contributed by atoms with E-state index in [2.05, 4.69) is 24.9 Å². The van der Waals surface area contributed by atoms with Crippen LogP contribution < -0.4 is 5.32 Å². The van der Waals surface area contributed by atoms with Crippen molar-refractivity contribution in [1.29, 1.82) is 0 Å². The summed E-state index contributed by atoms with van der Waals surface area (Å²) in [6.07, 6.45) is 4.92. The van der Waals surface area contributed by atoms with Crippen LogP contribution in [0.3, 0.4) is 0 Å². The molecule has 0 heterocycles. The van der Waals surface area contributed by atoms with Gasteiger partial charge in [-0.05, 0) is 24.7 Å². The van der Waals surface area contributed by atoms with E-state index in [9.17, 15) is 4.79 Å². The van der Waals surface area contributed by atoms with Crippen molar-refractivity contribution in [2.75, 3.05) is 0 Å². The molecule has 3 heteroatoms. The number of nitrogens with one attached hydrogen (secondary N) is 1. The molecule has 0 saturated heterocycles. The van der Waals surface area contributed by atoms with Crippen molar-refractivity contribution in [3.8, 4) is 0 Å². The molecule has 3 atom stereocenters. The highest BCUT2D eigenvalue weighted by Crippen LogP contribution is 2.24. The Kier molecular flexibility index (Phi) is 4.97. The van der Waals surface area contributed by atoms with Crippen molar-refractivity contribution < 1.29 is 4.79 Å². The fourth-order valence-electron chi connectivity index (χ4n) is 2.10. The van der Waals surface area contributed by atoms with Gasteiger partial charge >= 0.3 is 0 Å². The van der Waals surface area contributed by atoms with Crippen molar-refractivity contribution in [3.05, 3.63) is 0 Å². The molecule has 88 valence electrons. The van der Waals surface area contributed by atoms with Gasteiger partial charge in [0, 0.05) is 6.04 Å². The zero-order valence-corrected chi connectivity index (χ0v) is 10.9. The molecule has 0 aromatic heterocycles. The monoisotopic (exact) mass is 229 g/mol. The molecule has 1 N–H and O–H groups in total. The van der Waals surface area contributed by atoms with E-state index < -0.39 is 0 Å². The highest BCUT2D eigenvalue weighted by atomic mass is 32.1. The molecule has 1 amide bonds. The lowest BCUT2D eigenvalue weighted by Gasteiger charge is -2.30. The second-order valence-electron chi connectivity index (χ2n) is 5.07. The van der Waals surface area contributed by atoms with E-state index in [1.807, 2.05) is 13.8 Å². The second kappa shape index (κ2) is 5.78. The lowest BCUT2D eigenvalue weighted by Crippen LogP contribution is -2.45. The topological polar surface area (TPSA) is 29.1 Å². The fraction of sp³-hybridized carbons (Fsp3) is 0.917. The largest absolute Gasteiger partial charge is 0.352 e. The van der Waals surface area contributed by atoms with Gasteiger partial charge in [0.05, 0.1) is 5.25 Å². The Morgan fingerprint density at radius 1 is 1.33 bits per heavy atom. The van der Waals surface area contributed by atoms with E-state index in [1.54, 1.807) is 0 Å². The van der Waals surface area contributed by atoms with E-state index in [0.717, 1.165) is 6.42 Å². The first-order chi connectivity index (χ1) is 7.02. The second-order valence-corrected chi connectivity index (χ2v) is 5.62. The maximum absolute atomic E-state index is 11.8. The standard InChI is InChI=1S/C12H23NOS/c1-8(2)11(15)12(14)13-10-7-5-4-6-9(10)3/h8-11,15H,4-7H2,1-3H3,(H,13,14). The van der Waals surface area contributed by atoms with Crippen molar-refractivity contribution in [2.45, 2.75) is 57.7 Å². The Hall–Kier alpha value is -0.180. The predicted octanol–water partition coefficient (Wildman–Crippen LogP) is 2.64. The summed E-state index contributed by atoms with van der Waals surface area (Å²) in [5.41, 5.74) is 0. The molecule has 1 saturated carbocycles. The third-order valence-corrected chi connectivity index (χ3v) is 4.17. The van der Waals surface area contributed by atoms with Gasteiger partial charge in [0.25, 0.3) is 0 Å². The number of rotatable bonds is 3. The van der Waals surface area contributed by atoms with Crippen molar-refractivity contribution >= 4 is 18.5 Å². The average Bonchev–Trinajstić information content (AvgIpc) is 2.20. The molecular formula is C12H23NOS. The molecule has 1 aliphatic carbocycles. The zero-order chi connectivity index (χ0) is 11.4. The summed E-state index contributed by atoms with van der Waals surface area (Å²) in [7, 11) is 0. The maximum atomic E-state index is 11.8. The van der Waals surface area contributed by atoms with Gasteiger partial charge in [-0.15, -0.1) is 0 Å². The number of hydrogen-bond donors (Lipinski definition) is 2. The van der Waals surface area contributed by atoms with Crippen LogP contribution in [-0.4, -0.2) is 17.2 Å². The molecule has 0 bridgehead atoms. The van der Waals surface area contributed by atoms with Crippen molar-refractivity contribution in [1.82, 2.24) is 5.32 Å². The van der Waals surface area contributed by atoms with Gasteiger partial charge in [0.2, 0.25) is 5.91 Å². The first-order valence-electron chi connectivity index (χ1n) is 6.00. The van der Waals surface area contributed by atoms with Crippen LogP contribution in [0.4, 0.5) is 0 Å². The molecule has 0 aliphatic heterocycles. The quantitative estimate of drug-likeness (QED) is 0.716. The summed E-state index contributed by atoms with van der Waals surface area (Å²) in [4.78, 5) is 11.8. The minimum atomic E-state index is -0.167. The van der Waals surface area contributed by atoms with Crippen LogP contribution >= 0.6 is 12.6 Å². The molecular weight excluding hydrogens is 206 g/mol. The molecule has 2 nitrogen and oxygen atoms in total. The Labute approximate surface area is 98.6 Å². The van der Waals surface area contributed by atoms with Crippen LogP contribution in [0, 0.1) is 11.8 Å². The molecule has 3 unspecified atom stereocenters. The van der Waals surface area contributed by atoms with Crippen molar-refractivity contribution in [2.24, 2.45) is 11.8 Å². The summed E-state index contributed by atoms with van der Waals surface area (Å²) >= 11 is 4.34. The van der Waals surface area contributed by atoms with Gasteiger partial charge in [-0.2, -0.15) is 12.6 Å². The van der Waals surface area contributed by atoms with Crippen LogP contribution in [-0.2, 0) is 4.79 Å². The molecule has 0 aromatic carbocycles. The Balaban J connectivity index is 2.42. The molecule has 1 rings (SSSR count). The number of amides is 1. The van der Waals surface area contributed by atoms with Gasteiger partial charge < -0.3 is 5.32 Å². The van der Waals surface area contributed by atoms with Gasteiger partial charge in [-0.25, -0.2) is 0 Å². The molecule has 0 aromatic rings. The van der Waals surface area contributed by atoms with E-state index >= 15 is 0 Å². The summed E-state index contributed by atoms with van der Waals surface area (Å²) in [5, 5.41) is 2.97. The van der Waals surface area contributed by atoms with Crippen molar-refractivity contribution in [3.63, 3.8) is 0 Å². The normalized spacial score (nSPS) is 28.9. The van der Waals surface area contributed by atoms with E-state index in [0.29, 0.717) is 17.9 Å². The highest BCUT2D eigenvalue weighted by Gasteiger charge is 2.25. The first kappa shape index (κ1) is 12.9. The van der Waals surface area contributed by atoms with Crippen LogP contribution in [0.25, 0.3) is 0 Å². The van der Waals surface area contributed by atoms with E-state index in [1.165, 1.54) is 19.3 Å². The number of carbonyl (C=O) groups is 1. The Morgan fingerprint density at radius 3 is 2.47 bits per heavy atom. The third kappa shape index (κ3) is 3.71. The van der Waals surface area contributed by atoms with Crippen LogP contribution in [0.15, 0.2) is 0 Å². The molecule has 0 spiro atoms. The smallest absolute Gasteiger partial charge is 0.233 e. The number of thiol groups is 1. The van der Waals surface area contributed by atoms with Gasteiger partial charge in [0.15, 0.2) is 0 Å². The minimum Gasteiger partial charge on any atom is -0.352 e. The molecule has 1 aliphatic rings. The van der Waals surface area contributed by atoms with Gasteiger partial charge in [0.1, 0.15) is 0 Å². The Bertz CT molecular complexity index is 218. The highest BCUT2D eigenvalue weighted by molar-refractivity contribution is 7.81. The predicted molar refractivity (Wildman–Crippen MR) is 67.2 cm³/mol. The van der Waals surface area contributed by atoms with Crippen LogP contribution in [0.1, 0.15) is 46.5 Å². The maximum Gasteiger partial charge on any atom is 0.233 e. The van der Waals surface area contributed by atoms with E-state index in [4.69, 9.17) is 0 Å². The van der Waals surface area contributed by atoms with Crippen LogP contribution in [0.2, 0.25) is 0 Å². The molecule has 15 heavy (non-hydrogen) atoms. The van der Waals surface area contributed by atoms with Gasteiger partial charge in [-0.1, -0.05) is 33.6 Å². The summed E-state index contributed by atoms with van der Waals surface area (Å²) in [5.74, 6) is 1.02. The van der Waals surface area contributed by atoms with E-state index in [-0.39, 0.29) is 11.2 Å². The molecule has 0 radical (unpaired) electrons. The minimum absolute atomic E-state index is 0.104. The summed E-state index contributed by atoms with van der Waals surface area (Å²) < 4.78 is 0. The SMILES string of the molecule is CC(C)C(S)C(=O)NC1CCCCC1C. The number of carbonyl (C=O) groups excluding carboxylic acids is 1. The summed E-state index contributed by atoms with van der Waals surface area (Å²) in [6, 6.07) is 0.375. The number of hydrogen-bond acceptors (Lipinski definition) is 2. The average molecular weight is 229 g/mol.